The third-order valence-electron chi connectivity index (χ3n) is 6.51. The van der Waals surface area contributed by atoms with Crippen LogP contribution in [0.25, 0.3) is 0 Å². The van der Waals surface area contributed by atoms with Gasteiger partial charge in [-0.3, -0.25) is 0 Å². The highest BCUT2D eigenvalue weighted by Crippen LogP contribution is 2.45. The molecule has 0 aliphatic heterocycles. The summed E-state index contributed by atoms with van der Waals surface area (Å²) in [6.45, 7) is 14.5. The third kappa shape index (κ3) is 4.98. The molecule has 1 heteroatoms. The molecular weight excluding hydrogens is 254 g/mol. The molecule has 1 N–H and O–H groups in total. The number of nitrogens with one attached hydrogen (secondary N) is 1. The molecule has 0 heterocycles. The van der Waals surface area contributed by atoms with Gasteiger partial charge in [0.15, 0.2) is 0 Å². The van der Waals surface area contributed by atoms with Crippen molar-refractivity contribution in [2.75, 3.05) is 13.1 Å². The molecule has 0 amide bonds. The van der Waals surface area contributed by atoms with Crippen LogP contribution in [0.15, 0.2) is 0 Å². The average Bonchev–Trinajstić information content (AvgIpc) is 2.43. The van der Waals surface area contributed by atoms with Crippen molar-refractivity contribution >= 4 is 0 Å². The zero-order chi connectivity index (χ0) is 15.4. The minimum absolute atomic E-state index is 0.779. The highest BCUT2D eigenvalue weighted by atomic mass is 14.9. The Labute approximate surface area is 133 Å². The van der Waals surface area contributed by atoms with Gasteiger partial charge in [-0.15, -0.1) is 0 Å². The van der Waals surface area contributed by atoms with E-state index in [9.17, 15) is 0 Å². The van der Waals surface area contributed by atoms with Gasteiger partial charge in [-0.05, 0) is 80.2 Å². The van der Waals surface area contributed by atoms with Gasteiger partial charge in [-0.25, -0.2) is 0 Å². The standard InChI is InChI=1S/C20H39N/c1-14(2)12-21-13-19-8-6-15(3)10-20(19)18-9-7-16(4)17(5)11-18/h14-21H,6-13H2,1-5H3. The van der Waals surface area contributed by atoms with Crippen molar-refractivity contribution in [3.05, 3.63) is 0 Å². The monoisotopic (exact) mass is 293 g/mol. The Morgan fingerprint density at radius 2 is 1.67 bits per heavy atom. The van der Waals surface area contributed by atoms with Crippen molar-refractivity contribution in [2.45, 2.75) is 73.1 Å². The molecule has 2 aliphatic rings. The van der Waals surface area contributed by atoms with Gasteiger partial charge in [0.25, 0.3) is 0 Å². The zero-order valence-corrected chi connectivity index (χ0v) is 15.2. The SMILES string of the molecule is CC(C)CNCC1CCC(C)CC1C1CCC(C)C(C)C1. The molecule has 6 unspecified atom stereocenters. The molecule has 6 atom stereocenters. The van der Waals surface area contributed by atoms with E-state index >= 15 is 0 Å². The third-order valence-corrected chi connectivity index (χ3v) is 6.51. The van der Waals surface area contributed by atoms with Crippen LogP contribution >= 0.6 is 0 Å². The molecule has 0 aromatic rings. The lowest BCUT2D eigenvalue weighted by molar-refractivity contribution is 0.0700. The van der Waals surface area contributed by atoms with Crippen molar-refractivity contribution < 1.29 is 0 Å². The highest BCUT2D eigenvalue weighted by Gasteiger charge is 2.37. The normalized spacial score (nSPS) is 41.4. The molecule has 124 valence electrons. The van der Waals surface area contributed by atoms with Gasteiger partial charge in [-0.1, -0.05) is 47.5 Å². The van der Waals surface area contributed by atoms with Gasteiger partial charge in [0.05, 0.1) is 0 Å². The van der Waals surface area contributed by atoms with Crippen LogP contribution in [-0.2, 0) is 0 Å². The van der Waals surface area contributed by atoms with Gasteiger partial charge in [0.1, 0.15) is 0 Å². The Morgan fingerprint density at radius 1 is 0.905 bits per heavy atom. The van der Waals surface area contributed by atoms with Gasteiger partial charge in [-0.2, -0.15) is 0 Å². The second-order valence-electron chi connectivity index (χ2n) is 8.92. The van der Waals surface area contributed by atoms with E-state index in [-0.39, 0.29) is 0 Å². The molecule has 0 radical (unpaired) electrons. The van der Waals surface area contributed by atoms with Crippen LogP contribution in [0.2, 0.25) is 0 Å². The topological polar surface area (TPSA) is 12.0 Å². The first-order chi connectivity index (χ1) is 9.97. The van der Waals surface area contributed by atoms with Crippen LogP contribution < -0.4 is 5.32 Å². The second-order valence-corrected chi connectivity index (χ2v) is 8.92. The Balaban J connectivity index is 1.91. The quantitative estimate of drug-likeness (QED) is 0.720. The number of hydrogen-bond donors (Lipinski definition) is 1. The van der Waals surface area contributed by atoms with Crippen molar-refractivity contribution in [3.63, 3.8) is 0 Å². The molecule has 2 fully saturated rings. The largest absolute Gasteiger partial charge is 0.316 e. The van der Waals surface area contributed by atoms with Gasteiger partial charge in [0.2, 0.25) is 0 Å². The summed E-state index contributed by atoms with van der Waals surface area (Å²) in [6.07, 6.45) is 8.91. The summed E-state index contributed by atoms with van der Waals surface area (Å²) in [4.78, 5) is 0. The first-order valence-corrected chi connectivity index (χ1v) is 9.68. The maximum Gasteiger partial charge on any atom is -0.00176 e. The molecule has 21 heavy (non-hydrogen) atoms. The maximum absolute atomic E-state index is 3.76. The lowest BCUT2D eigenvalue weighted by atomic mass is 9.62. The average molecular weight is 294 g/mol. The molecule has 0 aromatic heterocycles. The van der Waals surface area contributed by atoms with Gasteiger partial charge < -0.3 is 5.32 Å². The molecule has 1 nitrogen and oxygen atoms in total. The van der Waals surface area contributed by atoms with Gasteiger partial charge >= 0.3 is 0 Å². The molecule has 0 bridgehead atoms. The van der Waals surface area contributed by atoms with Crippen molar-refractivity contribution in [3.8, 4) is 0 Å². The van der Waals surface area contributed by atoms with Crippen LogP contribution in [0.4, 0.5) is 0 Å². The molecular formula is C20H39N. The minimum Gasteiger partial charge on any atom is -0.316 e. The molecule has 2 rings (SSSR count). The van der Waals surface area contributed by atoms with E-state index in [0.29, 0.717) is 0 Å². The summed E-state index contributed by atoms with van der Waals surface area (Å²) in [5.41, 5.74) is 0. The summed E-state index contributed by atoms with van der Waals surface area (Å²) in [7, 11) is 0. The summed E-state index contributed by atoms with van der Waals surface area (Å²) in [5, 5.41) is 3.76. The van der Waals surface area contributed by atoms with E-state index < -0.39 is 0 Å². The van der Waals surface area contributed by atoms with Gasteiger partial charge in [0, 0.05) is 0 Å². The lowest BCUT2D eigenvalue weighted by Crippen LogP contribution is -2.39. The second kappa shape index (κ2) is 7.99. The highest BCUT2D eigenvalue weighted by molar-refractivity contribution is 4.88. The first-order valence-electron chi connectivity index (χ1n) is 9.68. The van der Waals surface area contributed by atoms with E-state index in [0.717, 1.165) is 41.4 Å². The fourth-order valence-electron chi connectivity index (χ4n) is 4.85. The van der Waals surface area contributed by atoms with E-state index in [1.54, 1.807) is 0 Å². The maximum atomic E-state index is 3.76. The summed E-state index contributed by atoms with van der Waals surface area (Å²) in [6, 6.07) is 0. The first kappa shape index (κ1) is 17.3. The van der Waals surface area contributed by atoms with E-state index in [2.05, 4.69) is 39.9 Å². The van der Waals surface area contributed by atoms with E-state index in [4.69, 9.17) is 0 Å². The van der Waals surface area contributed by atoms with E-state index in [1.807, 2.05) is 0 Å². The smallest absolute Gasteiger partial charge is 0.00176 e. The zero-order valence-electron chi connectivity index (χ0n) is 15.2. The minimum atomic E-state index is 0.779. The van der Waals surface area contributed by atoms with Crippen LogP contribution in [0, 0.1) is 41.4 Å². The van der Waals surface area contributed by atoms with Crippen molar-refractivity contribution in [1.29, 1.82) is 0 Å². The molecule has 0 spiro atoms. The van der Waals surface area contributed by atoms with E-state index in [1.165, 1.54) is 51.6 Å². The number of hydrogen-bond acceptors (Lipinski definition) is 1. The van der Waals surface area contributed by atoms with Crippen LogP contribution in [0.5, 0.6) is 0 Å². The Kier molecular flexibility index (Phi) is 6.59. The van der Waals surface area contributed by atoms with Crippen molar-refractivity contribution in [1.82, 2.24) is 5.32 Å². The molecule has 2 saturated carbocycles. The molecule has 0 aromatic carbocycles. The fourth-order valence-corrected chi connectivity index (χ4v) is 4.85. The Hall–Kier alpha value is -0.0400. The Morgan fingerprint density at radius 3 is 2.33 bits per heavy atom. The predicted octanol–water partition coefficient (Wildman–Crippen LogP) is 5.36. The fraction of sp³-hybridized carbons (Fsp3) is 1.00. The van der Waals surface area contributed by atoms with Crippen LogP contribution in [0.1, 0.15) is 73.1 Å². The molecule has 0 saturated heterocycles. The Bertz CT molecular complexity index is 298. The van der Waals surface area contributed by atoms with Crippen molar-refractivity contribution in [2.24, 2.45) is 41.4 Å². The summed E-state index contributed by atoms with van der Waals surface area (Å²) >= 11 is 0. The van der Waals surface area contributed by atoms with Crippen LogP contribution in [0.3, 0.4) is 0 Å². The van der Waals surface area contributed by atoms with Crippen LogP contribution in [-0.4, -0.2) is 13.1 Å². The predicted molar refractivity (Wildman–Crippen MR) is 93.4 cm³/mol. The number of rotatable bonds is 5. The molecule has 2 aliphatic carbocycles. The summed E-state index contributed by atoms with van der Waals surface area (Å²) < 4.78 is 0. The summed E-state index contributed by atoms with van der Waals surface area (Å²) in [5.74, 6) is 6.62. The lowest BCUT2D eigenvalue weighted by Gasteiger charge is -2.44.